The van der Waals surface area contributed by atoms with E-state index < -0.39 is 11.5 Å². The number of nitrogens with zero attached hydrogens (tertiary/aromatic N) is 3. The molecule has 0 unspecified atom stereocenters. The highest BCUT2D eigenvalue weighted by Crippen LogP contribution is 2.18. The van der Waals surface area contributed by atoms with Gasteiger partial charge in [0.1, 0.15) is 13.2 Å². The van der Waals surface area contributed by atoms with Crippen molar-refractivity contribution in [2.24, 2.45) is 0 Å². The van der Waals surface area contributed by atoms with Gasteiger partial charge in [0.05, 0.1) is 5.69 Å². The van der Waals surface area contributed by atoms with Gasteiger partial charge in [0, 0.05) is 19.0 Å². The summed E-state index contributed by atoms with van der Waals surface area (Å²) in [5, 5.41) is 3.31. The maximum absolute atomic E-state index is 13.1. The molecular formula is C25H29ClN4O3. The van der Waals surface area contributed by atoms with Crippen LogP contribution in [-0.2, 0) is 22.7 Å². The van der Waals surface area contributed by atoms with Crippen LogP contribution in [0.5, 0.6) is 0 Å². The fourth-order valence-electron chi connectivity index (χ4n) is 3.51. The Balaban J connectivity index is 1.74. The van der Waals surface area contributed by atoms with Crippen molar-refractivity contribution in [3.63, 3.8) is 0 Å². The first-order valence-corrected chi connectivity index (χ1v) is 11.1. The number of hydrogen-bond donors (Lipinski definition) is 1. The Labute approximate surface area is 199 Å². The number of carbonyl (C=O) groups is 1. The molecule has 0 radical (unpaired) electrons. The summed E-state index contributed by atoms with van der Waals surface area (Å²) in [6, 6.07) is 19.5. The first kappa shape index (κ1) is 24.5. The highest BCUT2D eigenvalue weighted by molar-refractivity contribution is 6.30. The van der Waals surface area contributed by atoms with Gasteiger partial charge in [-0.2, -0.15) is 0 Å². The molecule has 0 saturated heterocycles. The lowest BCUT2D eigenvalue weighted by Gasteiger charge is -2.22. The van der Waals surface area contributed by atoms with E-state index in [4.69, 9.17) is 16.3 Å². The fraction of sp³-hybridized carbons (Fsp3) is 0.320. The molecule has 1 heterocycles. The van der Waals surface area contributed by atoms with Gasteiger partial charge in [-0.3, -0.25) is 14.2 Å². The lowest BCUT2D eigenvalue weighted by molar-refractivity contribution is -0.145. The summed E-state index contributed by atoms with van der Waals surface area (Å²) < 4.78 is 6.63. The van der Waals surface area contributed by atoms with Gasteiger partial charge in [-0.05, 0) is 32.1 Å². The predicted molar refractivity (Wildman–Crippen MR) is 131 cm³/mol. The van der Waals surface area contributed by atoms with Crippen LogP contribution in [0.1, 0.15) is 22.7 Å². The highest BCUT2D eigenvalue weighted by atomic mass is 35.5. The van der Waals surface area contributed by atoms with Crippen molar-refractivity contribution < 1.29 is 9.53 Å². The van der Waals surface area contributed by atoms with E-state index >= 15 is 0 Å². The van der Waals surface area contributed by atoms with Crippen molar-refractivity contribution in [3.05, 3.63) is 93.0 Å². The van der Waals surface area contributed by atoms with E-state index in [2.05, 4.69) is 27.3 Å². The molecule has 0 aliphatic rings. The van der Waals surface area contributed by atoms with Gasteiger partial charge in [-0.15, -0.1) is 0 Å². The van der Waals surface area contributed by atoms with Gasteiger partial charge in [0.15, 0.2) is 11.0 Å². The molecule has 1 aromatic heterocycles. The van der Waals surface area contributed by atoms with Crippen LogP contribution < -0.4 is 10.9 Å². The predicted octanol–water partition coefficient (Wildman–Crippen LogP) is 3.71. The van der Waals surface area contributed by atoms with Crippen molar-refractivity contribution in [2.75, 3.05) is 32.5 Å². The summed E-state index contributed by atoms with van der Waals surface area (Å²) in [4.78, 5) is 31.8. The summed E-state index contributed by atoms with van der Waals surface area (Å²) in [5.41, 5.74) is 2.03. The molecule has 0 fully saturated rings. The number of ether oxygens (including phenoxy) is 1. The van der Waals surface area contributed by atoms with Gasteiger partial charge in [-0.25, -0.2) is 4.98 Å². The van der Waals surface area contributed by atoms with E-state index in [0.717, 1.165) is 17.7 Å². The van der Waals surface area contributed by atoms with Crippen LogP contribution in [-0.4, -0.2) is 47.6 Å². The number of hydrogen-bond acceptors (Lipinski definition) is 6. The minimum Gasteiger partial charge on any atom is -0.459 e. The minimum atomic E-state index is -0.521. The van der Waals surface area contributed by atoms with E-state index in [-0.39, 0.29) is 30.0 Å². The van der Waals surface area contributed by atoms with Gasteiger partial charge >= 0.3 is 5.97 Å². The fourth-order valence-corrected chi connectivity index (χ4v) is 3.70. The number of anilines is 1. The van der Waals surface area contributed by atoms with Crippen molar-refractivity contribution in [1.82, 2.24) is 14.5 Å². The quantitative estimate of drug-likeness (QED) is 0.457. The standard InChI is InChI=1S/C25H29ClN4O3/c1-18-23(26)28-24(27-14-21(15-29(2)3)20-12-8-5-9-13-20)25(32)30(18)16-22(31)33-17-19-10-6-4-7-11-19/h4-13,21H,14-17H2,1-3H3,(H,27,28)/t21-/m1/s1. The minimum absolute atomic E-state index is 0.112. The van der Waals surface area contributed by atoms with E-state index in [0.29, 0.717) is 12.2 Å². The van der Waals surface area contributed by atoms with Crippen molar-refractivity contribution in [2.45, 2.75) is 26.0 Å². The largest absolute Gasteiger partial charge is 0.459 e. The summed E-state index contributed by atoms with van der Waals surface area (Å²) >= 11 is 6.29. The second-order valence-corrected chi connectivity index (χ2v) is 8.48. The van der Waals surface area contributed by atoms with Crippen LogP contribution in [0.15, 0.2) is 65.5 Å². The molecule has 33 heavy (non-hydrogen) atoms. The summed E-state index contributed by atoms with van der Waals surface area (Å²) in [6.07, 6.45) is 0. The van der Waals surface area contributed by atoms with Crippen LogP contribution >= 0.6 is 11.6 Å². The molecule has 3 rings (SSSR count). The lowest BCUT2D eigenvalue weighted by atomic mass is 9.98. The van der Waals surface area contributed by atoms with Gasteiger partial charge in [-0.1, -0.05) is 72.3 Å². The molecule has 1 N–H and O–H groups in total. The van der Waals surface area contributed by atoms with Crippen molar-refractivity contribution >= 4 is 23.4 Å². The SMILES string of the molecule is Cc1c(Cl)nc(NC[C@H](CN(C)C)c2ccccc2)c(=O)n1CC(=O)OCc1ccccc1. The van der Waals surface area contributed by atoms with Gasteiger partial charge < -0.3 is 15.0 Å². The maximum atomic E-state index is 13.1. The average molecular weight is 469 g/mol. The number of aromatic nitrogens is 2. The first-order chi connectivity index (χ1) is 15.8. The first-order valence-electron chi connectivity index (χ1n) is 10.7. The Kier molecular flexibility index (Phi) is 8.63. The second kappa shape index (κ2) is 11.6. The van der Waals surface area contributed by atoms with Gasteiger partial charge in [0.2, 0.25) is 0 Å². The van der Waals surface area contributed by atoms with E-state index in [9.17, 15) is 9.59 Å². The molecule has 0 saturated carbocycles. The smallest absolute Gasteiger partial charge is 0.326 e. The molecule has 0 spiro atoms. The summed E-state index contributed by atoms with van der Waals surface area (Å²) in [5.74, 6) is -0.278. The topological polar surface area (TPSA) is 76.5 Å². The molecule has 0 amide bonds. The number of halogens is 1. The molecular weight excluding hydrogens is 440 g/mol. The van der Waals surface area contributed by atoms with Crippen LogP contribution in [0, 0.1) is 6.92 Å². The normalized spacial score (nSPS) is 11.9. The molecule has 0 bridgehead atoms. The summed E-state index contributed by atoms with van der Waals surface area (Å²) in [7, 11) is 4.01. The van der Waals surface area contributed by atoms with Gasteiger partial charge in [0.25, 0.3) is 5.56 Å². The van der Waals surface area contributed by atoms with E-state index in [1.54, 1.807) is 6.92 Å². The molecule has 1 atom stereocenters. The molecule has 0 aliphatic carbocycles. The Morgan fingerprint density at radius 1 is 1.12 bits per heavy atom. The Bertz CT molecular complexity index is 1120. The van der Waals surface area contributed by atoms with E-state index in [1.807, 2.05) is 62.6 Å². The summed E-state index contributed by atoms with van der Waals surface area (Å²) in [6.45, 7) is 2.83. The maximum Gasteiger partial charge on any atom is 0.326 e. The number of esters is 1. The molecule has 174 valence electrons. The molecule has 0 aliphatic heterocycles. The van der Waals surface area contributed by atoms with Crippen LogP contribution in [0.3, 0.4) is 0 Å². The number of nitrogens with one attached hydrogen (secondary N) is 1. The zero-order valence-electron chi connectivity index (χ0n) is 19.1. The zero-order chi connectivity index (χ0) is 23.8. The number of likely N-dealkylation sites (N-methyl/N-ethyl adjacent to an activating group) is 1. The number of rotatable bonds is 10. The van der Waals surface area contributed by atoms with Crippen LogP contribution in [0.2, 0.25) is 5.15 Å². The number of benzene rings is 2. The third kappa shape index (κ3) is 6.91. The number of carbonyl (C=O) groups excluding carboxylic acids is 1. The monoisotopic (exact) mass is 468 g/mol. The second-order valence-electron chi connectivity index (χ2n) is 8.12. The van der Waals surface area contributed by atoms with Crippen LogP contribution in [0.4, 0.5) is 5.82 Å². The Hall–Kier alpha value is -3.16. The van der Waals surface area contributed by atoms with Crippen LogP contribution in [0.25, 0.3) is 0 Å². The Morgan fingerprint density at radius 2 is 1.76 bits per heavy atom. The Morgan fingerprint density at radius 3 is 2.39 bits per heavy atom. The highest BCUT2D eigenvalue weighted by Gasteiger charge is 2.18. The average Bonchev–Trinajstić information content (AvgIpc) is 2.82. The third-order valence-electron chi connectivity index (χ3n) is 5.26. The zero-order valence-corrected chi connectivity index (χ0v) is 19.9. The van der Waals surface area contributed by atoms with Crippen molar-refractivity contribution in [1.29, 1.82) is 0 Å². The van der Waals surface area contributed by atoms with Crippen molar-refractivity contribution in [3.8, 4) is 0 Å². The lowest BCUT2D eigenvalue weighted by Crippen LogP contribution is -2.32. The van der Waals surface area contributed by atoms with E-state index in [1.165, 1.54) is 4.57 Å². The molecule has 3 aromatic rings. The molecule has 7 nitrogen and oxygen atoms in total. The molecule has 2 aromatic carbocycles. The molecule has 8 heteroatoms. The third-order valence-corrected chi connectivity index (χ3v) is 5.62.